The Balaban J connectivity index is 2.77. The summed E-state index contributed by atoms with van der Waals surface area (Å²) in [5.41, 5.74) is -1.63. The second-order valence-corrected chi connectivity index (χ2v) is 19.2. The smallest absolute Gasteiger partial charge is 0.422 e. The van der Waals surface area contributed by atoms with Crippen LogP contribution in [0.5, 0.6) is 0 Å². The molecule has 0 spiro atoms. The molecule has 1 saturated heterocycles. The molecule has 12 heteroatoms. The van der Waals surface area contributed by atoms with E-state index in [9.17, 15) is 14.2 Å². The average Bonchev–Trinajstić information content (AvgIpc) is 3.02. The molecule has 1 aliphatic rings. The standard InChI is InChI=1S/C24H49N2O8PSi/c1-18(27)15-26(16-19-13-20(14-25-19)32-36(11,12)24(8,9)10)21(28)30-17-31-35(29,33-22(2,3)4)34-23(5,6)7/h19-20,25H,13-17H2,1-12H3/t19-,20+/m0/s1. The van der Waals surface area contributed by atoms with Crippen LogP contribution in [-0.4, -0.2) is 74.9 Å². The van der Waals surface area contributed by atoms with Crippen LogP contribution in [0.15, 0.2) is 0 Å². The number of carbonyl (C=O) groups is 2. The van der Waals surface area contributed by atoms with E-state index in [0.29, 0.717) is 6.54 Å². The SMILES string of the molecule is CC(=O)CN(C[C@@H]1C[C@@H](O[Si](C)(C)C(C)(C)C)CN1)C(=O)OCOP(=O)(OC(C)(C)C)OC(C)(C)C. The molecule has 36 heavy (non-hydrogen) atoms. The van der Waals surface area contributed by atoms with Gasteiger partial charge in [-0.05, 0) is 73.0 Å². The van der Waals surface area contributed by atoms with Gasteiger partial charge in [-0.2, -0.15) is 0 Å². The van der Waals surface area contributed by atoms with Crippen molar-refractivity contribution in [2.75, 3.05) is 26.4 Å². The predicted molar refractivity (Wildman–Crippen MR) is 142 cm³/mol. The van der Waals surface area contributed by atoms with Crippen LogP contribution in [0.25, 0.3) is 0 Å². The number of phosphoric acid groups is 1. The number of ketones is 1. The Hall–Kier alpha value is -0.813. The molecule has 10 nitrogen and oxygen atoms in total. The zero-order valence-corrected chi connectivity index (χ0v) is 26.2. The minimum absolute atomic E-state index is 0.0457. The van der Waals surface area contributed by atoms with Crippen LogP contribution in [0.4, 0.5) is 4.79 Å². The van der Waals surface area contributed by atoms with Crippen molar-refractivity contribution in [2.45, 2.75) is 117 Å². The fraction of sp³-hybridized carbons (Fsp3) is 0.917. The molecule has 0 aliphatic carbocycles. The number of hydrogen-bond donors (Lipinski definition) is 1. The molecule has 1 heterocycles. The van der Waals surface area contributed by atoms with Gasteiger partial charge in [0.05, 0.1) is 23.9 Å². The number of ether oxygens (including phenoxy) is 1. The molecule has 212 valence electrons. The van der Waals surface area contributed by atoms with E-state index in [1.165, 1.54) is 11.8 Å². The van der Waals surface area contributed by atoms with Gasteiger partial charge in [0.25, 0.3) is 0 Å². The summed E-state index contributed by atoms with van der Waals surface area (Å²) in [7, 11) is -5.96. The summed E-state index contributed by atoms with van der Waals surface area (Å²) in [6, 6.07) is -0.0490. The summed E-state index contributed by atoms with van der Waals surface area (Å²) in [5, 5.41) is 3.49. The van der Waals surface area contributed by atoms with Crippen molar-refractivity contribution in [1.29, 1.82) is 0 Å². The van der Waals surface area contributed by atoms with Gasteiger partial charge in [0.1, 0.15) is 5.78 Å². The van der Waals surface area contributed by atoms with Gasteiger partial charge in [0, 0.05) is 19.1 Å². The summed E-state index contributed by atoms with van der Waals surface area (Å²) in [6.45, 7) is 22.9. The fourth-order valence-electron chi connectivity index (χ4n) is 3.32. The number of phosphoric ester groups is 1. The van der Waals surface area contributed by atoms with Gasteiger partial charge in [-0.3, -0.25) is 18.7 Å². The molecule has 1 amide bonds. The van der Waals surface area contributed by atoms with Gasteiger partial charge in [-0.15, -0.1) is 0 Å². The molecule has 0 aromatic heterocycles. The molecule has 0 aromatic carbocycles. The predicted octanol–water partition coefficient (Wildman–Crippen LogP) is 5.48. The highest BCUT2D eigenvalue weighted by Gasteiger charge is 2.41. The first-order valence-corrected chi connectivity index (χ1v) is 16.9. The molecular formula is C24H49N2O8PSi. The van der Waals surface area contributed by atoms with Gasteiger partial charge >= 0.3 is 13.9 Å². The highest BCUT2D eigenvalue weighted by atomic mass is 31.2. The molecule has 0 saturated carbocycles. The van der Waals surface area contributed by atoms with Gasteiger partial charge in [-0.25, -0.2) is 13.9 Å². The van der Waals surface area contributed by atoms with E-state index in [0.717, 1.165) is 6.42 Å². The van der Waals surface area contributed by atoms with E-state index in [1.54, 1.807) is 41.5 Å². The zero-order valence-electron chi connectivity index (χ0n) is 24.4. The maximum atomic E-state index is 13.1. The van der Waals surface area contributed by atoms with Crippen LogP contribution < -0.4 is 5.32 Å². The van der Waals surface area contributed by atoms with E-state index >= 15 is 0 Å². The molecule has 0 unspecified atom stereocenters. The van der Waals surface area contributed by atoms with Gasteiger partial charge in [0.15, 0.2) is 8.32 Å². The third-order valence-corrected chi connectivity index (χ3v) is 12.2. The lowest BCUT2D eigenvalue weighted by molar-refractivity contribution is -0.118. The largest absolute Gasteiger partial charge is 0.478 e. The number of Topliss-reactive ketones (excluding diaryl/α,β-unsaturated/α-hetero) is 1. The minimum atomic E-state index is -4.04. The summed E-state index contributed by atoms with van der Waals surface area (Å²) in [5.74, 6) is -0.183. The summed E-state index contributed by atoms with van der Waals surface area (Å²) in [6.07, 6.45) is 0.0156. The van der Waals surface area contributed by atoms with Crippen molar-refractivity contribution in [1.82, 2.24) is 10.2 Å². The number of carbonyl (C=O) groups excluding carboxylic acids is 2. The number of amides is 1. The van der Waals surface area contributed by atoms with E-state index in [1.807, 2.05) is 0 Å². The highest BCUT2D eigenvalue weighted by molar-refractivity contribution is 7.48. The van der Waals surface area contributed by atoms with Gasteiger partial charge in [-0.1, -0.05) is 20.8 Å². The topological polar surface area (TPSA) is 113 Å². The first-order valence-electron chi connectivity index (χ1n) is 12.5. The number of nitrogens with one attached hydrogen (secondary N) is 1. The first kappa shape index (κ1) is 33.2. The van der Waals surface area contributed by atoms with Crippen LogP contribution in [0.1, 0.15) is 75.7 Å². The zero-order chi connectivity index (χ0) is 28.2. The normalized spacial score (nSPS) is 19.9. The molecular weight excluding hydrogens is 503 g/mol. The Morgan fingerprint density at radius 1 is 1.00 bits per heavy atom. The van der Waals surface area contributed by atoms with Crippen LogP contribution in [-0.2, 0) is 32.1 Å². The van der Waals surface area contributed by atoms with Crippen LogP contribution >= 0.6 is 7.82 Å². The monoisotopic (exact) mass is 552 g/mol. The number of nitrogens with zero attached hydrogens (tertiary/aromatic N) is 1. The molecule has 2 atom stereocenters. The van der Waals surface area contributed by atoms with E-state index in [2.05, 4.69) is 39.2 Å². The van der Waals surface area contributed by atoms with Crippen LogP contribution in [0, 0.1) is 0 Å². The number of rotatable bonds is 11. The maximum Gasteiger partial charge on any atom is 0.478 e. The highest BCUT2D eigenvalue weighted by Crippen LogP contribution is 2.55. The fourth-order valence-corrected chi connectivity index (χ4v) is 6.35. The Bertz CT molecular complexity index is 781. The van der Waals surface area contributed by atoms with Gasteiger partial charge in [0.2, 0.25) is 6.79 Å². The number of hydrogen-bond acceptors (Lipinski definition) is 9. The molecule has 0 aromatic rings. The van der Waals surface area contributed by atoms with E-state index in [4.69, 9.17) is 22.7 Å². The lowest BCUT2D eigenvalue weighted by Crippen LogP contribution is -2.44. The molecule has 1 rings (SSSR count). The quantitative estimate of drug-likeness (QED) is 0.202. The second kappa shape index (κ2) is 12.4. The average molecular weight is 553 g/mol. The van der Waals surface area contributed by atoms with Crippen molar-refractivity contribution < 1.29 is 36.9 Å². The minimum Gasteiger partial charge on any atom is -0.422 e. The Morgan fingerprint density at radius 3 is 1.97 bits per heavy atom. The van der Waals surface area contributed by atoms with Crippen molar-refractivity contribution in [3.63, 3.8) is 0 Å². The molecule has 1 aliphatic heterocycles. The van der Waals surface area contributed by atoms with Crippen molar-refractivity contribution in [3.05, 3.63) is 0 Å². The van der Waals surface area contributed by atoms with Crippen molar-refractivity contribution in [3.8, 4) is 0 Å². The third-order valence-electron chi connectivity index (χ3n) is 5.73. The summed E-state index contributed by atoms with van der Waals surface area (Å²) >= 11 is 0. The van der Waals surface area contributed by atoms with Crippen molar-refractivity contribution in [2.24, 2.45) is 0 Å². The van der Waals surface area contributed by atoms with Gasteiger partial charge < -0.3 is 14.5 Å². The lowest BCUT2D eigenvalue weighted by atomic mass is 10.2. The van der Waals surface area contributed by atoms with Crippen LogP contribution in [0.2, 0.25) is 18.1 Å². The summed E-state index contributed by atoms with van der Waals surface area (Å²) in [4.78, 5) is 26.0. The maximum absolute atomic E-state index is 13.1. The van der Waals surface area contributed by atoms with Crippen molar-refractivity contribution >= 4 is 28.0 Å². The lowest BCUT2D eigenvalue weighted by Gasteiger charge is -2.38. The third kappa shape index (κ3) is 12.2. The van der Waals surface area contributed by atoms with Crippen LogP contribution in [0.3, 0.4) is 0 Å². The first-order chi connectivity index (χ1) is 16.0. The molecule has 1 N–H and O–H groups in total. The second-order valence-electron chi connectivity index (χ2n) is 12.9. The van der Waals surface area contributed by atoms with E-state index < -0.39 is 40.2 Å². The Kier molecular flexibility index (Phi) is 11.4. The summed E-state index contributed by atoms with van der Waals surface area (Å²) < 4.78 is 41.2. The molecule has 1 fully saturated rings. The molecule has 0 bridgehead atoms. The Labute approximate surface area is 218 Å². The molecule has 0 radical (unpaired) electrons. The Morgan fingerprint density at radius 2 is 1.53 bits per heavy atom. The van der Waals surface area contributed by atoms with E-state index in [-0.39, 0.29) is 36.1 Å².